The van der Waals surface area contributed by atoms with Crippen LogP contribution in [0.25, 0.3) is 0 Å². The maximum absolute atomic E-state index is 13.0. The van der Waals surface area contributed by atoms with Gasteiger partial charge in [-0.15, -0.1) is 13.2 Å². The number of hydrazone groups is 1. The van der Waals surface area contributed by atoms with Crippen LogP contribution in [0, 0.1) is 5.82 Å². The molecule has 0 saturated heterocycles. The van der Waals surface area contributed by atoms with Crippen LogP contribution in [0.4, 0.5) is 41.1 Å². The van der Waals surface area contributed by atoms with Gasteiger partial charge in [0.05, 0.1) is 12.8 Å². The Hall–Kier alpha value is -4.00. The van der Waals surface area contributed by atoms with Gasteiger partial charge in [0.15, 0.2) is 0 Å². The first-order chi connectivity index (χ1) is 15.8. The van der Waals surface area contributed by atoms with E-state index in [9.17, 15) is 17.6 Å². The van der Waals surface area contributed by atoms with E-state index >= 15 is 0 Å². The molecule has 0 atom stereocenters. The van der Waals surface area contributed by atoms with Crippen LogP contribution < -0.4 is 20.8 Å². The second-order valence-corrected chi connectivity index (χ2v) is 6.34. The minimum Gasteiger partial charge on any atom is -0.406 e. The Morgan fingerprint density at radius 1 is 0.939 bits per heavy atom. The van der Waals surface area contributed by atoms with Crippen LogP contribution in [-0.4, -0.2) is 47.8 Å². The van der Waals surface area contributed by atoms with Gasteiger partial charge in [0.1, 0.15) is 11.6 Å². The predicted octanol–water partition coefficient (Wildman–Crippen LogP) is 4.16. The fourth-order valence-electron chi connectivity index (χ4n) is 2.41. The molecule has 1 aromatic heterocycles. The van der Waals surface area contributed by atoms with Crippen molar-refractivity contribution in [2.75, 3.05) is 36.3 Å². The average Bonchev–Trinajstić information content (AvgIpc) is 2.76. The van der Waals surface area contributed by atoms with Gasteiger partial charge < -0.3 is 20.1 Å². The molecular weight excluding hydrogens is 446 g/mol. The van der Waals surface area contributed by atoms with Crippen LogP contribution in [0.5, 0.6) is 5.75 Å². The SMILES string of the molecule is COCCNc1nc(N/N=C/c2ccc(F)cc2)nc(Nc2ccc(OC(F)(F)F)cc2)n1. The molecular formula is C20H19F4N7O2. The van der Waals surface area contributed by atoms with E-state index < -0.39 is 6.36 Å². The fourth-order valence-corrected chi connectivity index (χ4v) is 2.41. The Labute approximate surface area is 185 Å². The summed E-state index contributed by atoms with van der Waals surface area (Å²) in [6.45, 7) is 0.822. The third-order valence-corrected chi connectivity index (χ3v) is 3.82. The van der Waals surface area contributed by atoms with Gasteiger partial charge in [0.2, 0.25) is 17.8 Å². The van der Waals surface area contributed by atoms with Crippen molar-refractivity contribution in [3.63, 3.8) is 0 Å². The van der Waals surface area contributed by atoms with E-state index in [4.69, 9.17) is 4.74 Å². The number of nitrogens with zero attached hydrogens (tertiary/aromatic N) is 4. The van der Waals surface area contributed by atoms with Crippen molar-refractivity contribution in [1.29, 1.82) is 0 Å². The molecule has 9 nitrogen and oxygen atoms in total. The summed E-state index contributed by atoms with van der Waals surface area (Å²) in [4.78, 5) is 12.6. The number of hydrogen-bond donors (Lipinski definition) is 3. The lowest BCUT2D eigenvalue weighted by molar-refractivity contribution is -0.274. The van der Waals surface area contributed by atoms with Crippen LogP contribution in [0.3, 0.4) is 0 Å². The number of aromatic nitrogens is 3. The molecule has 0 unspecified atom stereocenters. The highest BCUT2D eigenvalue weighted by molar-refractivity contribution is 5.79. The van der Waals surface area contributed by atoms with Crippen LogP contribution >= 0.6 is 0 Å². The molecule has 0 fully saturated rings. The van der Waals surface area contributed by atoms with Crippen LogP contribution in [0.15, 0.2) is 53.6 Å². The molecule has 0 aliphatic rings. The number of hydrogen-bond acceptors (Lipinski definition) is 9. The number of rotatable bonds is 10. The van der Waals surface area contributed by atoms with E-state index in [1.807, 2.05) is 0 Å². The van der Waals surface area contributed by atoms with Crippen molar-refractivity contribution < 1.29 is 27.0 Å². The van der Waals surface area contributed by atoms with Crippen molar-refractivity contribution in [2.24, 2.45) is 5.10 Å². The van der Waals surface area contributed by atoms with Crippen molar-refractivity contribution in [3.05, 3.63) is 59.9 Å². The Balaban J connectivity index is 1.73. The number of benzene rings is 2. The minimum absolute atomic E-state index is 0.0859. The Morgan fingerprint density at radius 3 is 2.27 bits per heavy atom. The van der Waals surface area contributed by atoms with Gasteiger partial charge in [-0.25, -0.2) is 9.82 Å². The van der Waals surface area contributed by atoms with Crippen molar-refractivity contribution >= 4 is 29.7 Å². The quantitative estimate of drug-likeness (QED) is 0.177. The molecule has 174 valence electrons. The first-order valence-corrected chi connectivity index (χ1v) is 9.47. The standard InChI is InChI=1S/C20H19F4N7O2/c1-32-11-10-25-17-28-18(27-15-6-8-16(9-7-15)33-20(22,23)24)30-19(29-17)31-26-12-13-2-4-14(21)5-3-13/h2-9,12H,10-11H2,1H3,(H3,25,27,28,29,30,31)/b26-12+. The third kappa shape index (κ3) is 8.22. The van der Waals surface area contributed by atoms with E-state index in [-0.39, 0.29) is 29.4 Å². The van der Waals surface area contributed by atoms with Crippen molar-refractivity contribution in [2.45, 2.75) is 6.36 Å². The summed E-state index contributed by atoms with van der Waals surface area (Å²) in [6.07, 6.45) is -3.32. The zero-order valence-corrected chi connectivity index (χ0v) is 17.2. The molecule has 1 heterocycles. The molecule has 0 amide bonds. The smallest absolute Gasteiger partial charge is 0.406 e. The normalized spacial score (nSPS) is 11.4. The van der Waals surface area contributed by atoms with Gasteiger partial charge in [-0.05, 0) is 42.0 Å². The van der Waals surface area contributed by atoms with E-state index in [1.165, 1.54) is 30.5 Å². The number of halogens is 4. The third-order valence-electron chi connectivity index (χ3n) is 3.82. The van der Waals surface area contributed by atoms with Gasteiger partial charge in [-0.3, -0.25) is 0 Å². The number of alkyl halides is 3. The highest BCUT2D eigenvalue weighted by Gasteiger charge is 2.30. The van der Waals surface area contributed by atoms with E-state index in [2.05, 4.69) is 40.8 Å². The van der Waals surface area contributed by atoms with Crippen LogP contribution in [0.2, 0.25) is 0 Å². The van der Waals surface area contributed by atoms with Gasteiger partial charge >= 0.3 is 6.36 Å². The maximum atomic E-state index is 13.0. The Bertz CT molecular complexity index is 1060. The summed E-state index contributed by atoms with van der Waals surface area (Å²) < 4.78 is 58.8. The molecule has 3 N–H and O–H groups in total. The zero-order chi connectivity index (χ0) is 23.7. The lowest BCUT2D eigenvalue weighted by Crippen LogP contribution is -2.17. The first-order valence-electron chi connectivity index (χ1n) is 9.47. The Kier molecular flexibility index (Phi) is 7.91. The van der Waals surface area contributed by atoms with Gasteiger partial charge in [0.25, 0.3) is 0 Å². The number of nitrogens with one attached hydrogen (secondary N) is 3. The summed E-state index contributed by atoms with van der Waals surface area (Å²) in [5.41, 5.74) is 3.72. The molecule has 3 aromatic rings. The molecule has 0 spiro atoms. The summed E-state index contributed by atoms with van der Waals surface area (Å²) in [5.74, 6) is -0.320. The topological polar surface area (TPSA) is 106 Å². The van der Waals surface area contributed by atoms with E-state index in [0.717, 1.165) is 12.1 Å². The second-order valence-electron chi connectivity index (χ2n) is 6.34. The molecule has 0 radical (unpaired) electrons. The molecule has 0 bridgehead atoms. The van der Waals surface area contributed by atoms with Gasteiger partial charge in [-0.2, -0.15) is 20.1 Å². The summed E-state index contributed by atoms with van der Waals surface area (Å²) in [7, 11) is 1.55. The maximum Gasteiger partial charge on any atom is 0.573 e. The number of ether oxygens (including phenoxy) is 2. The van der Waals surface area contributed by atoms with Gasteiger partial charge in [0, 0.05) is 19.3 Å². The van der Waals surface area contributed by atoms with Gasteiger partial charge in [-0.1, -0.05) is 12.1 Å². The number of anilines is 4. The first kappa shape index (κ1) is 23.7. The lowest BCUT2D eigenvalue weighted by Gasteiger charge is -2.11. The second kappa shape index (κ2) is 11.0. The Morgan fingerprint density at radius 2 is 1.61 bits per heavy atom. The predicted molar refractivity (Wildman–Crippen MR) is 114 cm³/mol. The lowest BCUT2D eigenvalue weighted by atomic mass is 10.2. The minimum atomic E-state index is -4.78. The summed E-state index contributed by atoms with van der Waals surface area (Å²) in [5, 5.41) is 9.85. The molecule has 0 aliphatic carbocycles. The van der Waals surface area contributed by atoms with E-state index in [1.54, 1.807) is 19.2 Å². The monoisotopic (exact) mass is 465 g/mol. The fraction of sp³-hybridized carbons (Fsp3) is 0.200. The average molecular weight is 465 g/mol. The number of methoxy groups -OCH3 is 1. The molecule has 0 saturated carbocycles. The molecule has 2 aromatic carbocycles. The van der Waals surface area contributed by atoms with Crippen LogP contribution in [-0.2, 0) is 4.74 Å². The summed E-state index contributed by atoms with van der Waals surface area (Å²) >= 11 is 0. The van der Waals surface area contributed by atoms with Crippen LogP contribution in [0.1, 0.15) is 5.56 Å². The summed E-state index contributed by atoms with van der Waals surface area (Å²) in [6, 6.07) is 10.8. The van der Waals surface area contributed by atoms with E-state index in [0.29, 0.717) is 24.4 Å². The molecule has 13 heteroatoms. The molecule has 0 aliphatic heterocycles. The highest BCUT2D eigenvalue weighted by atomic mass is 19.4. The highest BCUT2D eigenvalue weighted by Crippen LogP contribution is 2.25. The van der Waals surface area contributed by atoms with Crippen molar-refractivity contribution in [1.82, 2.24) is 15.0 Å². The molecule has 33 heavy (non-hydrogen) atoms. The largest absolute Gasteiger partial charge is 0.573 e. The zero-order valence-electron chi connectivity index (χ0n) is 17.2. The molecule has 3 rings (SSSR count). The van der Waals surface area contributed by atoms with Crippen molar-refractivity contribution in [3.8, 4) is 5.75 Å².